The predicted molar refractivity (Wildman–Crippen MR) is 128 cm³/mol. The minimum Gasteiger partial charge on any atom is -0.481 e. The van der Waals surface area contributed by atoms with E-state index in [0.29, 0.717) is 18.3 Å². The van der Waals surface area contributed by atoms with Crippen molar-refractivity contribution in [3.8, 4) is 0 Å². The Morgan fingerprint density at radius 2 is 1.78 bits per heavy atom. The molecule has 3 aliphatic rings. The van der Waals surface area contributed by atoms with Gasteiger partial charge < -0.3 is 10.4 Å². The molecule has 2 aromatic rings. The Balaban J connectivity index is 1.34. The molecule has 1 atom stereocenters. The van der Waals surface area contributed by atoms with Gasteiger partial charge in [0.15, 0.2) is 0 Å². The molecular formula is C27H31NO3S. The first kappa shape index (κ1) is 22.7. The lowest BCUT2D eigenvalue weighted by atomic mass is 9.55. The van der Waals surface area contributed by atoms with Crippen molar-refractivity contribution in [3.05, 3.63) is 72.3 Å². The molecule has 2 bridgehead atoms. The topological polar surface area (TPSA) is 66.4 Å². The number of benzene rings is 2. The Kier molecular flexibility index (Phi) is 7.36. The third kappa shape index (κ3) is 5.83. The maximum atomic E-state index is 13.3. The average molecular weight is 450 g/mol. The van der Waals surface area contributed by atoms with Crippen molar-refractivity contribution in [2.45, 2.75) is 66.7 Å². The van der Waals surface area contributed by atoms with Gasteiger partial charge in [-0.2, -0.15) is 0 Å². The zero-order chi connectivity index (χ0) is 22.4. The van der Waals surface area contributed by atoms with Crippen LogP contribution in [0.25, 0.3) is 0 Å². The molecule has 32 heavy (non-hydrogen) atoms. The molecule has 0 aromatic heterocycles. The number of fused-ring (bicyclic) bond motifs is 2. The van der Waals surface area contributed by atoms with Gasteiger partial charge in [-0.3, -0.25) is 9.59 Å². The Morgan fingerprint density at radius 3 is 2.56 bits per heavy atom. The molecule has 0 saturated heterocycles. The lowest BCUT2D eigenvalue weighted by Gasteiger charge is -2.55. The van der Waals surface area contributed by atoms with Crippen molar-refractivity contribution >= 4 is 23.6 Å². The first-order valence-electron chi connectivity index (χ1n) is 11.5. The SMILES string of the molecule is O=C(O)CCCC=CC[C@@H]1CC2CC(NC(=O)c3ccccc3Sc3ccccc3)(C2)C1. The second-order valence-corrected chi connectivity index (χ2v) is 10.3. The number of allylic oxidation sites excluding steroid dienone is 2. The van der Waals surface area contributed by atoms with Crippen molar-refractivity contribution in [2.24, 2.45) is 11.8 Å². The molecule has 0 unspecified atom stereocenters. The molecule has 5 rings (SSSR count). The third-order valence-electron chi connectivity index (χ3n) is 6.58. The molecule has 2 aromatic carbocycles. The number of hydrogen-bond acceptors (Lipinski definition) is 3. The first-order valence-corrected chi connectivity index (χ1v) is 12.4. The van der Waals surface area contributed by atoms with Crippen LogP contribution in [0.2, 0.25) is 0 Å². The Labute approximate surface area is 194 Å². The van der Waals surface area contributed by atoms with E-state index in [0.717, 1.165) is 47.5 Å². The van der Waals surface area contributed by atoms with Crippen molar-refractivity contribution in [3.63, 3.8) is 0 Å². The Morgan fingerprint density at radius 1 is 1.03 bits per heavy atom. The van der Waals surface area contributed by atoms with Gasteiger partial charge in [0, 0.05) is 21.8 Å². The molecule has 0 heterocycles. The first-order chi connectivity index (χ1) is 15.5. The van der Waals surface area contributed by atoms with E-state index in [-0.39, 0.29) is 17.9 Å². The normalized spacial score (nSPS) is 24.1. The summed E-state index contributed by atoms with van der Waals surface area (Å²) in [7, 11) is 0. The summed E-state index contributed by atoms with van der Waals surface area (Å²) >= 11 is 1.63. The minimum absolute atomic E-state index is 0.0346. The highest BCUT2D eigenvalue weighted by molar-refractivity contribution is 7.99. The van der Waals surface area contributed by atoms with Gasteiger partial charge in [0.05, 0.1) is 5.56 Å². The van der Waals surface area contributed by atoms with Crippen LogP contribution in [-0.4, -0.2) is 22.5 Å². The van der Waals surface area contributed by atoms with Crippen molar-refractivity contribution in [1.29, 1.82) is 0 Å². The number of hydrogen-bond donors (Lipinski definition) is 2. The fourth-order valence-electron chi connectivity index (χ4n) is 5.26. The predicted octanol–water partition coefficient (Wildman–Crippen LogP) is 6.33. The fraction of sp³-hybridized carbons (Fsp3) is 0.407. The smallest absolute Gasteiger partial charge is 0.303 e. The van der Waals surface area contributed by atoms with E-state index in [4.69, 9.17) is 5.11 Å². The number of carbonyl (C=O) groups is 2. The highest BCUT2D eigenvalue weighted by Gasteiger charge is 2.51. The average Bonchev–Trinajstić information content (AvgIpc) is 2.76. The largest absolute Gasteiger partial charge is 0.481 e. The molecule has 3 aliphatic carbocycles. The van der Waals surface area contributed by atoms with E-state index in [1.165, 1.54) is 6.42 Å². The van der Waals surface area contributed by atoms with Gasteiger partial charge in [-0.1, -0.05) is 54.2 Å². The van der Waals surface area contributed by atoms with Crippen molar-refractivity contribution < 1.29 is 14.7 Å². The maximum Gasteiger partial charge on any atom is 0.303 e. The number of carboxylic acids is 1. The summed E-state index contributed by atoms with van der Waals surface area (Å²) in [6.07, 6.45) is 11.5. The van der Waals surface area contributed by atoms with Gasteiger partial charge in [-0.05, 0) is 81.0 Å². The van der Waals surface area contributed by atoms with Gasteiger partial charge in [0.25, 0.3) is 5.91 Å². The van der Waals surface area contributed by atoms with Crippen LogP contribution in [0.3, 0.4) is 0 Å². The van der Waals surface area contributed by atoms with E-state index < -0.39 is 5.97 Å². The molecule has 168 valence electrons. The third-order valence-corrected chi connectivity index (χ3v) is 7.67. The summed E-state index contributed by atoms with van der Waals surface area (Å²) in [5, 5.41) is 12.1. The Bertz CT molecular complexity index is 966. The summed E-state index contributed by atoms with van der Waals surface area (Å²) in [6, 6.07) is 18.0. The van der Waals surface area contributed by atoms with Crippen LogP contribution in [0.4, 0.5) is 0 Å². The van der Waals surface area contributed by atoms with Crippen LogP contribution in [0.1, 0.15) is 61.7 Å². The molecule has 4 nitrogen and oxygen atoms in total. The van der Waals surface area contributed by atoms with Crippen LogP contribution >= 0.6 is 11.8 Å². The number of rotatable bonds is 10. The van der Waals surface area contributed by atoms with E-state index in [2.05, 4.69) is 29.6 Å². The zero-order valence-electron chi connectivity index (χ0n) is 18.3. The van der Waals surface area contributed by atoms with Crippen LogP contribution in [0.15, 0.2) is 76.5 Å². The van der Waals surface area contributed by atoms with E-state index in [1.54, 1.807) is 11.8 Å². The highest BCUT2D eigenvalue weighted by atomic mass is 32.2. The number of unbranched alkanes of at least 4 members (excludes halogenated alkanes) is 1. The standard InChI is InChI=1S/C27H31NO3S/c29-25(30)15-7-2-1-4-10-20-16-21-18-27(17-20,19-21)28-26(31)23-13-8-9-14-24(23)32-22-11-5-3-6-12-22/h1,3-6,8-9,11-14,20-21H,2,7,10,15-19H2,(H,28,31)(H,29,30)/t20-,21?,27?/m1/s1. The molecule has 1 amide bonds. The molecule has 3 saturated carbocycles. The van der Waals surface area contributed by atoms with Gasteiger partial charge in [-0.15, -0.1) is 0 Å². The zero-order valence-corrected chi connectivity index (χ0v) is 19.2. The van der Waals surface area contributed by atoms with Crippen LogP contribution in [0, 0.1) is 11.8 Å². The van der Waals surface area contributed by atoms with Gasteiger partial charge >= 0.3 is 5.97 Å². The quantitative estimate of drug-likeness (QED) is 0.329. The highest BCUT2D eigenvalue weighted by Crippen LogP contribution is 2.52. The maximum absolute atomic E-state index is 13.3. The monoisotopic (exact) mass is 449 g/mol. The molecule has 0 radical (unpaired) electrons. The Hall–Kier alpha value is -2.53. The minimum atomic E-state index is -0.729. The molecule has 5 heteroatoms. The number of carboxylic acid groups (broad SMARTS) is 1. The number of carbonyl (C=O) groups excluding carboxylic acids is 1. The summed E-state index contributed by atoms with van der Waals surface area (Å²) < 4.78 is 0. The molecular weight excluding hydrogens is 418 g/mol. The van der Waals surface area contributed by atoms with Crippen LogP contribution in [-0.2, 0) is 4.79 Å². The number of aliphatic carboxylic acids is 1. The lowest BCUT2D eigenvalue weighted by Crippen LogP contribution is -2.61. The van der Waals surface area contributed by atoms with E-state index in [9.17, 15) is 9.59 Å². The van der Waals surface area contributed by atoms with Crippen molar-refractivity contribution in [2.75, 3.05) is 0 Å². The summed E-state index contributed by atoms with van der Waals surface area (Å²) in [5.74, 6) is 0.607. The van der Waals surface area contributed by atoms with Crippen molar-refractivity contribution in [1.82, 2.24) is 5.32 Å². The number of amides is 1. The van der Waals surface area contributed by atoms with E-state index in [1.807, 2.05) is 42.5 Å². The number of nitrogens with one attached hydrogen (secondary N) is 1. The van der Waals surface area contributed by atoms with Gasteiger partial charge in [0.2, 0.25) is 0 Å². The second kappa shape index (κ2) is 10.4. The van der Waals surface area contributed by atoms with Crippen LogP contribution in [0.5, 0.6) is 0 Å². The summed E-state index contributed by atoms with van der Waals surface area (Å²) in [4.78, 5) is 26.0. The summed E-state index contributed by atoms with van der Waals surface area (Å²) in [5.41, 5.74) is 0.686. The molecule has 3 fully saturated rings. The molecule has 0 spiro atoms. The van der Waals surface area contributed by atoms with E-state index >= 15 is 0 Å². The molecule has 2 N–H and O–H groups in total. The lowest BCUT2D eigenvalue weighted by molar-refractivity contribution is -0.137. The van der Waals surface area contributed by atoms with Gasteiger partial charge in [0.1, 0.15) is 0 Å². The van der Waals surface area contributed by atoms with Gasteiger partial charge in [-0.25, -0.2) is 0 Å². The van der Waals surface area contributed by atoms with Crippen LogP contribution < -0.4 is 5.32 Å². The molecule has 0 aliphatic heterocycles. The summed E-state index contributed by atoms with van der Waals surface area (Å²) in [6.45, 7) is 0. The fourth-order valence-corrected chi connectivity index (χ4v) is 6.23. The second-order valence-electron chi connectivity index (χ2n) is 9.22.